The Morgan fingerprint density at radius 1 is 1.03 bits per heavy atom. The Balaban J connectivity index is 1.87. The van der Waals surface area contributed by atoms with Crippen molar-refractivity contribution in [1.82, 2.24) is 4.57 Å². The van der Waals surface area contributed by atoms with E-state index in [0.717, 1.165) is 11.0 Å². The third-order valence-corrected chi connectivity index (χ3v) is 6.08. The number of nitrogens with zero attached hydrogens (tertiary/aromatic N) is 4. The number of aromatic hydroxyl groups is 1. The van der Waals surface area contributed by atoms with Crippen LogP contribution in [0.1, 0.15) is 62.7 Å². The van der Waals surface area contributed by atoms with Gasteiger partial charge in [-0.2, -0.15) is 5.26 Å². The number of halogens is 1. The minimum Gasteiger partial charge on any atom is -0.493 e. The highest BCUT2D eigenvalue weighted by Crippen LogP contribution is 2.38. The summed E-state index contributed by atoms with van der Waals surface area (Å²) < 4.78 is 1.09. The Kier molecular flexibility index (Phi) is 6.14. The predicted molar refractivity (Wildman–Crippen MR) is 126 cm³/mol. The number of carbonyl (C=O) groups is 2. The van der Waals surface area contributed by atoms with Crippen LogP contribution in [0.2, 0.25) is 5.02 Å². The molecule has 1 N–H and O–H groups in total. The summed E-state index contributed by atoms with van der Waals surface area (Å²) in [4.78, 5) is 38.9. The molecule has 9 heteroatoms. The van der Waals surface area contributed by atoms with E-state index in [0.29, 0.717) is 6.42 Å². The molecule has 0 aliphatic heterocycles. The van der Waals surface area contributed by atoms with E-state index in [-0.39, 0.29) is 62.1 Å². The highest BCUT2D eigenvalue weighted by molar-refractivity contribution is 6.39. The molecule has 1 aliphatic rings. The molecular formula is C25H19ClN4O4. The minimum absolute atomic E-state index is 0.0498. The van der Waals surface area contributed by atoms with Gasteiger partial charge < -0.3 is 5.11 Å². The number of azo groups is 1. The normalized spacial score (nSPS) is 12.5. The van der Waals surface area contributed by atoms with Gasteiger partial charge in [0.05, 0.1) is 21.8 Å². The van der Waals surface area contributed by atoms with Crippen molar-refractivity contribution in [2.24, 2.45) is 10.2 Å². The summed E-state index contributed by atoms with van der Waals surface area (Å²) >= 11 is 6.22. The number of fused-ring (bicyclic) bond motifs is 2. The molecule has 1 heterocycles. The van der Waals surface area contributed by atoms with Crippen LogP contribution >= 0.6 is 11.6 Å². The summed E-state index contributed by atoms with van der Waals surface area (Å²) in [6, 6.07) is 11.2. The lowest BCUT2D eigenvalue weighted by Crippen LogP contribution is -2.24. The largest absolute Gasteiger partial charge is 0.493 e. The molecule has 0 spiro atoms. The molecule has 1 aliphatic carbocycles. The fraction of sp³-hybridized carbons (Fsp3) is 0.200. The number of pyridine rings is 1. The van der Waals surface area contributed by atoms with E-state index in [2.05, 4.69) is 10.2 Å². The number of unbranched alkanes of at least 4 members (excludes halogenated alkanes) is 1. The second-order valence-electron chi connectivity index (χ2n) is 7.81. The summed E-state index contributed by atoms with van der Waals surface area (Å²) in [5.41, 5.74) is -0.00187. The van der Waals surface area contributed by atoms with Crippen LogP contribution in [0.5, 0.6) is 5.88 Å². The molecule has 0 bridgehead atoms. The third-order valence-electron chi connectivity index (χ3n) is 5.76. The van der Waals surface area contributed by atoms with Crippen molar-refractivity contribution in [2.45, 2.75) is 33.2 Å². The van der Waals surface area contributed by atoms with Crippen molar-refractivity contribution in [3.63, 3.8) is 0 Å². The minimum atomic E-state index is -0.603. The Morgan fingerprint density at radius 3 is 2.38 bits per heavy atom. The van der Waals surface area contributed by atoms with E-state index >= 15 is 0 Å². The number of hydrogen-bond donors (Lipinski definition) is 1. The van der Waals surface area contributed by atoms with E-state index in [9.17, 15) is 24.8 Å². The molecule has 0 fully saturated rings. The van der Waals surface area contributed by atoms with E-state index < -0.39 is 17.2 Å². The fourth-order valence-electron chi connectivity index (χ4n) is 3.95. The first-order valence-corrected chi connectivity index (χ1v) is 11.0. The monoisotopic (exact) mass is 474 g/mol. The van der Waals surface area contributed by atoms with Crippen molar-refractivity contribution < 1.29 is 14.7 Å². The standard InChI is InChI=1S/C25H19ClN4O4/c1-3-4-11-30-24(33)16(12-27)13(2)21(25(30)34)29-28-18-10-6-8-15-20(18)23(32)19-14(22(15)31)7-5-9-17(19)26/h5-10,34H,3-4,11H2,1-2H3/b29-28+. The SMILES string of the molecule is CCCCn1c(O)c(/N=N/c2cccc3c2C(=O)c2c(Cl)cccc2C3=O)c(C)c(C#N)c1=O. The summed E-state index contributed by atoms with van der Waals surface area (Å²) in [5.74, 6) is -1.24. The number of benzene rings is 2. The van der Waals surface area contributed by atoms with E-state index in [1.807, 2.05) is 13.0 Å². The number of carbonyl (C=O) groups excluding carboxylic acids is 2. The third kappa shape index (κ3) is 3.60. The summed E-state index contributed by atoms with van der Waals surface area (Å²) in [6.07, 6.45) is 1.38. The smallest absolute Gasteiger partial charge is 0.271 e. The molecule has 1 aromatic heterocycles. The Hall–Kier alpha value is -4.09. The maximum absolute atomic E-state index is 13.3. The quantitative estimate of drug-likeness (QED) is 0.389. The first kappa shape index (κ1) is 23.1. The maximum atomic E-state index is 13.3. The Labute approximate surface area is 199 Å². The number of aromatic nitrogens is 1. The van der Waals surface area contributed by atoms with Crippen LogP contribution < -0.4 is 5.56 Å². The second kappa shape index (κ2) is 9.04. The van der Waals surface area contributed by atoms with Crippen molar-refractivity contribution >= 4 is 34.5 Å². The van der Waals surface area contributed by atoms with Gasteiger partial charge in [0.15, 0.2) is 17.3 Å². The van der Waals surface area contributed by atoms with Crippen molar-refractivity contribution in [2.75, 3.05) is 0 Å². The van der Waals surface area contributed by atoms with Crippen LogP contribution in [0.25, 0.3) is 0 Å². The van der Waals surface area contributed by atoms with Crippen LogP contribution in [0, 0.1) is 18.3 Å². The summed E-state index contributed by atoms with van der Waals surface area (Å²) in [5, 5.41) is 28.6. The summed E-state index contributed by atoms with van der Waals surface area (Å²) in [7, 11) is 0. The number of ketones is 2. The zero-order valence-corrected chi connectivity index (χ0v) is 19.2. The average molecular weight is 475 g/mol. The molecule has 0 unspecified atom stereocenters. The lowest BCUT2D eigenvalue weighted by atomic mass is 9.83. The molecule has 2 aromatic carbocycles. The van der Waals surface area contributed by atoms with Crippen molar-refractivity contribution in [3.05, 3.63) is 85.2 Å². The van der Waals surface area contributed by atoms with Gasteiger partial charge in [-0.15, -0.1) is 10.2 Å². The number of rotatable bonds is 5. The van der Waals surface area contributed by atoms with E-state index in [1.165, 1.54) is 25.1 Å². The van der Waals surface area contributed by atoms with Gasteiger partial charge >= 0.3 is 0 Å². The lowest BCUT2D eigenvalue weighted by Gasteiger charge is -2.19. The predicted octanol–water partition coefficient (Wildman–Crippen LogP) is 5.38. The van der Waals surface area contributed by atoms with E-state index in [4.69, 9.17) is 11.6 Å². The topological polar surface area (TPSA) is 125 Å². The molecule has 34 heavy (non-hydrogen) atoms. The van der Waals surface area contributed by atoms with Gasteiger partial charge in [0.2, 0.25) is 5.88 Å². The fourth-order valence-corrected chi connectivity index (χ4v) is 4.21. The molecule has 170 valence electrons. The summed E-state index contributed by atoms with van der Waals surface area (Å²) in [6.45, 7) is 3.63. The van der Waals surface area contributed by atoms with Gasteiger partial charge in [0, 0.05) is 23.2 Å². The van der Waals surface area contributed by atoms with E-state index in [1.54, 1.807) is 18.2 Å². The Morgan fingerprint density at radius 2 is 1.71 bits per heavy atom. The lowest BCUT2D eigenvalue weighted by molar-refractivity contribution is 0.0979. The molecule has 0 saturated heterocycles. The van der Waals surface area contributed by atoms with Crippen LogP contribution in [0.4, 0.5) is 11.4 Å². The zero-order chi connectivity index (χ0) is 24.6. The van der Waals surface area contributed by atoms with Crippen molar-refractivity contribution in [3.8, 4) is 11.9 Å². The van der Waals surface area contributed by atoms with Crippen molar-refractivity contribution in [1.29, 1.82) is 5.26 Å². The average Bonchev–Trinajstić information content (AvgIpc) is 2.82. The Bertz CT molecular complexity index is 1500. The highest BCUT2D eigenvalue weighted by Gasteiger charge is 2.33. The van der Waals surface area contributed by atoms with Gasteiger partial charge in [-0.3, -0.25) is 19.0 Å². The van der Waals surface area contributed by atoms with Gasteiger partial charge in [0.1, 0.15) is 11.6 Å². The van der Waals surface area contributed by atoms with Crippen LogP contribution in [-0.4, -0.2) is 21.2 Å². The first-order chi connectivity index (χ1) is 16.3. The van der Waals surface area contributed by atoms with Gasteiger partial charge in [0.25, 0.3) is 5.56 Å². The molecule has 0 amide bonds. The molecule has 0 radical (unpaired) electrons. The molecule has 8 nitrogen and oxygen atoms in total. The number of hydrogen-bond acceptors (Lipinski definition) is 7. The number of nitriles is 1. The van der Waals surface area contributed by atoms with Gasteiger partial charge in [-0.05, 0) is 25.5 Å². The maximum Gasteiger partial charge on any atom is 0.271 e. The van der Waals surface area contributed by atoms with Crippen LogP contribution in [-0.2, 0) is 6.54 Å². The molecule has 0 saturated carbocycles. The zero-order valence-electron chi connectivity index (χ0n) is 18.4. The molecule has 0 atom stereocenters. The molecule has 3 aromatic rings. The second-order valence-corrected chi connectivity index (χ2v) is 8.22. The van der Waals surface area contributed by atoms with Crippen LogP contribution in [0.15, 0.2) is 51.4 Å². The molecule has 4 rings (SSSR count). The molecular weight excluding hydrogens is 456 g/mol. The van der Waals surface area contributed by atoms with Gasteiger partial charge in [-0.25, -0.2) is 0 Å². The first-order valence-electron chi connectivity index (χ1n) is 10.6. The van der Waals surface area contributed by atoms with Crippen LogP contribution in [0.3, 0.4) is 0 Å². The van der Waals surface area contributed by atoms with Gasteiger partial charge in [-0.1, -0.05) is 49.2 Å². The highest BCUT2D eigenvalue weighted by atomic mass is 35.5.